The van der Waals surface area contributed by atoms with E-state index in [9.17, 15) is 19.5 Å². The standard InChI is InChI=1S/C17H14BrNO6/c1-9(20)25-14-6-3-10(7-15(14)24-2)16(21)19-13-5-4-11(18)8-12(13)17(22)23/h3-8H,1-2H3,(H,19,21)(H,22,23)/p-1. The Morgan fingerprint density at radius 3 is 2.40 bits per heavy atom. The first-order chi connectivity index (χ1) is 11.8. The number of rotatable bonds is 5. The zero-order valence-electron chi connectivity index (χ0n) is 13.3. The van der Waals surface area contributed by atoms with Gasteiger partial charge in [-0.15, -0.1) is 0 Å². The topological polar surface area (TPSA) is 105 Å². The third-order valence-corrected chi connectivity index (χ3v) is 3.62. The highest BCUT2D eigenvalue weighted by Gasteiger charge is 2.14. The van der Waals surface area contributed by atoms with Gasteiger partial charge in [-0.25, -0.2) is 0 Å². The number of carboxylic acids is 1. The van der Waals surface area contributed by atoms with Crippen molar-refractivity contribution in [3.8, 4) is 11.5 Å². The van der Waals surface area contributed by atoms with Gasteiger partial charge in [-0.1, -0.05) is 15.9 Å². The first-order valence-corrected chi connectivity index (χ1v) is 7.80. The van der Waals surface area contributed by atoms with Crippen LogP contribution in [0.5, 0.6) is 11.5 Å². The lowest BCUT2D eigenvalue weighted by Gasteiger charge is -2.13. The van der Waals surface area contributed by atoms with Crippen LogP contribution in [-0.2, 0) is 4.79 Å². The Bertz CT molecular complexity index is 849. The van der Waals surface area contributed by atoms with Gasteiger partial charge in [0.05, 0.1) is 18.8 Å². The van der Waals surface area contributed by atoms with Crippen LogP contribution in [0.4, 0.5) is 5.69 Å². The second kappa shape index (κ2) is 7.80. The highest BCUT2D eigenvalue weighted by Crippen LogP contribution is 2.29. The van der Waals surface area contributed by atoms with Gasteiger partial charge in [-0.05, 0) is 36.4 Å². The Morgan fingerprint density at radius 1 is 1.08 bits per heavy atom. The molecule has 0 radical (unpaired) electrons. The fourth-order valence-electron chi connectivity index (χ4n) is 2.04. The second-order valence-electron chi connectivity index (χ2n) is 4.89. The fraction of sp³-hybridized carbons (Fsp3) is 0.118. The number of amides is 1. The molecule has 0 aliphatic rings. The van der Waals surface area contributed by atoms with Gasteiger partial charge in [0.25, 0.3) is 5.91 Å². The number of esters is 1. The molecule has 0 spiro atoms. The minimum atomic E-state index is -1.42. The van der Waals surface area contributed by atoms with Crippen LogP contribution in [0.2, 0.25) is 0 Å². The van der Waals surface area contributed by atoms with Crippen LogP contribution in [0.1, 0.15) is 27.6 Å². The molecule has 2 rings (SSSR count). The molecule has 2 aromatic rings. The molecule has 0 aliphatic heterocycles. The molecule has 0 aromatic heterocycles. The summed E-state index contributed by atoms with van der Waals surface area (Å²) in [7, 11) is 1.37. The highest BCUT2D eigenvalue weighted by molar-refractivity contribution is 9.10. The van der Waals surface area contributed by atoms with Crippen LogP contribution < -0.4 is 19.9 Å². The molecule has 2 aromatic carbocycles. The Balaban J connectivity index is 2.30. The van der Waals surface area contributed by atoms with E-state index in [-0.39, 0.29) is 28.3 Å². The first-order valence-electron chi connectivity index (χ1n) is 7.00. The van der Waals surface area contributed by atoms with Gasteiger partial charge in [0, 0.05) is 22.5 Å². The Hall–Kier alpha value is -2.87. The Kier molecular flexibility index (Phi) is 5.76. The predicted octanol–water partition coefficient (Wildman–Crippen LogP) is 2.00. The molecular formula is C17H13BrNO6-. The largest absolute Gasteiger partial charge is 0.545 e. The molecule has 0 heterocycles. The minimum absolute atomic E-state index is 0.0937. The predicted molar refractivity (Wildman–Crippen MR) is 90.7 cm³/mol. The van der Waals surface area contributed by atoms with Crippen molar-refractivity contribution in [1.82, 2.24) is 0 Å². The van der Waals surface area contributed by atoms with Crippen LogP contribution >= 0.6 is 15.9 Å². The number of nitrogens with one attached hydrogen (secondary N) is 1. The van der Waals surface area contributed by atoms with Crippen molar-refractivity contribution in [2.45, 2.75) is 6.92 Å². The molecule has 1 amide bonds. The number of anilines is 1. The molecule has 25 heavy (non-hydrogen) atoms. The van der Waals surface area contributed by atoms with Gasteiger partial charge in [0.2, 0.25) is 0 Å². The van der Waals surface area contributed by atoms with Gasteiger partial charge in [-0.3, -0.25) is 9.59 Å². The number of ether oxygens (including phenoxy) is 2. The summed E-state index contributed by atoms with van der Waals surface area (Å²) < 4.78 is 10.6. The number of carbonyl (C=O) groups excluding carboxylic acids is 3. The molecule has 7 nitrogen and oxygen atoms in total. The molecule has 0 saturated heterocycles. The van der Waals surface area contributed by atoms with E-state index in [1.54, 1.807) is 6.07 Å². The molecule has 8 heteroatoms. The molecule has 0 atom stereocenters. The zero-order chi connectivity index (χ0) is 18.6. The van der Waals surface area contributed by atoms with Crippen molar-refractivity contribution in [2.75, 3.05) is 12.4 Å². The minimum Gasteiger partial charge on any atom is -0.545 e. The zero-order valence-corrected chi connectivity index (χ0v) is 14.9. The summed E-state index contributed by atoms with van der Waals surface area (Å²) in [4.78, 5) is 34.6. The normalized spacial score (nSPS) is 10.0. The number of halogens is 1. The monoisotopic (exact) mass is 406 g/mol. The van der Waals surface area contributed by atoms with Crippen molar-refractivity contribution in [2.24, 2.45) is 0 Å². The van der Waals surface area contributed by atoms with Crippen LogP contribution in [0.15, 0.2) is 40.9 Å². The molecule has 130 valence electrons. The first kappa shape index (κ1) is 18.5. The summed E-state index contributed by atoms with van der Waals surface area (Å²) in [5.74, 6) is -2.13. The van der Waals surface area contributed by atoms with Gasteiger partial charge in [-0.2, -0.15) is 0 Å². The van der Waals surface area contributed by atoms with Crippen LogP contribution in [0, 0.1) is 0 Å². The number of aromatic carboxylic acids is 1. The van der Waals surface area contributed by atoms with Crippen LogP contribution in [0.25, 0.3) is 0 Å². The third kappa shape index (κ3) is 4.57. The lowest BCUT2D eigenvalue weighted by atomic mass is 10.1. The van der Waals surface area contributed by atoms with E-state index in [1.165, 1.54) is 44.4 Å². The number of carbonyl (C=O) groups is 3. The summed E-state index contributed by atoms with van der Waals surface area (Å²) in [5, 5.41) is 13.7. The van der Waals surface area contributed by atoms with E-state index in [0.29, 0.717) is 4.47 Å². The van der Waals surface area contributed by atoms with E-state index >= 15 is 0 Å². The number of carboxylic acid groups (broad SMARTS) is 1. The van der Waals surface area contributed by atoms with Gasteiger partial charge in [0.1, 0.15) is 0 Å². The average molecular weight is 407 g/mol. The summed E-state index contributed by atoms with van der Waals surface area (Å²) in [6.45, 7) is 1.25. The Morgan fingerprint density at radius 2 is 1.80 bits per heavy atom. The van der Waals surface area contributed by atoms with E-state index in [4.69, 9.17) is 9.47 Å². The van der Waals surface area contributed by atoms with E-state index < -0.39 is 17.8 Å². The summed E-state index contributed by atoms with van der Waals surface area (Å²) >= 11 is 3.16. The van der Waals surface area contributed by atoms with Gasteiger partial charge < -0.3 is 24.7 Å². The van der Waals surface area contributed by atoms with Crippen LogP contribution in [-0.4, -0.2) is 25.0 Å². The third-order valence-electron chi connectivity index (χ3n) is 3.13. The van der Waals surface area contributed by atoms with Gasteiger partial charge in [0.15, 0.2) is 11.5 Å². The lowest BCUT2D eigenvalue weighted by molar-refractivity contribution is -0.254. The lowest BCUT2D eigenvalue weighted by Crippen LogP contribution is -2.25. The average Bonchev–Trinajstić information content (AvgIpc) is 2.56. The van der Waals surface area contributed by atoms with Crippen molar-refractivity contribution in [1.29, 1.82) is 0 Å². The molecule has 0 bridgehead atoms. The quantitative estimate of drug-likeness (QED) is 0.601. The molecule has 0 fully saturated rings. The second-order valence-corrected chi connectivity index (χ2v) is 5.81. The SMILES string of the molecule is COc1cc(C(=O)Nc2ccc(Br)cc2C(=O)[O-])ccc1OC(C)=O. The molecule has 1 N–H and O–H groups in total. The maximum atomic E-state index is 12.4. The number of hydrogen-bond acceptors (Lipinski definition) is 6. The van der Waals surface area contributed by atoms with Crippen LogP contribution in [0.3, 0.4) is 0 Å². The van der Waals surface area contributed by atoms with Crippen molar-refractivity contribution in [3.05, 3.63) is 52.0 Å². The molecule has 0 unspecified atom stereocenters. The van der Waals surface area contributed by atoms with E-state index in [2.05, 4.69) is 21.2 Å². The van der Waals surface area contributed by atoms with Crippen molar-refractivity contribution in [3.63, 3.8) is 0 Å². The van der Waals surface area contributed by atoms with Crippen molar-refractivity contribution < 1.29 is 29.0 Å². The van der Waals surface area contributed by atoms with Crippen molar-refractivity contribution >= 4 is 39.5 Å². The fourth-order valence-corrected chi connectivity index (χ4v) is 2.40. The van der Waals surface area contributed by atoms with Gasteiger partial charge >= 0.3 is 5.97 Å². The maximum Gasteiger partial charge on any atom is 0.308 e. The summed E-state index contributed by atoms with van der Waals surface area (Å²) in [6, 6.07) is 8.58. The molecule has 0 aliphatic carbocycles. The molecule has 0 saturated carbocycles. The summed E-state index contributed by atoms with van der Waals surface area (Å²) in [6.07, 6.45) is 0. The number of benzene rings is 2. The molecular weight excluding hydrogens is 394 g/mol. The Labute approximate surface area is 151 Å². The maximum absolute atomic E-state index is 12.4. The van der Waals surface area contributed by atoms with E-state index in [1.807, 2.05) is 0 Å². The number of hydrogen-bond donors (Lipinski definition) is 1. The number of methoxy groups -OCH3 is 1. The highest BCUT2D eigenvalue weighted by atomic mass is 79.9. The smallest absolute Gasteiger partial charge is 0.308 e. The summed E-state index contributed by atoms with van der Waals surface area (Å²) in [5.41, 5.74) is 0.127. The van der Waals surface area contributed by atoms with E-state index in [0.717, 1.165) is 0 Å².